The Morgan fingerprint density at radius 2 is 2.11 bits per heavy atom. The van der Waals surface area contributed by atoms with Crippen LogP contribution in [0.15, 0.2) is 24.3 Å². The molecule has 0 aromatic heterocycles. The number of hydrogen-bond donors (Lipinski definition) is 1. The van der Waals surface area contributed by atoms with Crippen LogP contribution in [0.1, 0.15) is 24.8 Å². The molecule has 0 aliphatic carbocycles. The van der Waals surface area contributed by atoms with Crippen molar-refractivity contribution >= 4 is 5.91 Å². The molecular formula is C14H19NO3. The zero-order valence-corrected chi connectivity index (χ0v) is 10.6. The predicted octanol–water partition coefficient (Wildman–Crippen LogP) is 1.57. The molecule has 0 radical (unpaired) electrons. The standard InChI is InChI=1S/C14H19NO3/c1-18-13-7-5-11(6-8-13)9-15-10-12(16)3-2-4-14(15)17/h5-8,12,16H,2-4,9-10H2,1H3. The summed E-state index contributed by atoms with van der Waals surface area (Å²) in [6.07, 6.45) is 1.63. The summed E-state index contributed by atoms with van der Waals surface area (Å²) < 4.78 is 5.10. The van der Waals surface area contributed by atoms with Crippen LogP contribution in [-0.2, 0) is 11.3 Å². The van der Waals surface area contributed by atoms with E-state index in [1.165, 1.54) is 0 Å². The van der Waals surface area contributed by atoms with Crippen molar-refractivity contribution in [2.75, 3.05) is 13.7 Å². The van der Waals surface area contributed by atoms with Gasteiger partial charge in [0.1, 0.15) is 5.75 Å². The molecule has 1 N–H and O–H groups in total. The highest BCUT2D eigenvalue weighted by Crippen LogP contribution is 2.17. The van der Waals surface area contributed by atoms with E-state index in [0.29, 0.717) is 25.9 Å². The van der Waals surface area contributed by atoms with Crippen molar-refractivity contribution in [1.82, 2.24) is 4.90 Å². The Labute approximate surface area is 107 Å². The summed E-state index contributed by atoms with van der Waals surface area (Å²) in [5.41, 5.74) is 1.05. The first-order chi connectivity index (χ1) is 8.69. The largest absolute Gasteiger partial charge is 0.497 e. The average molecular weight is 249 g/mol. The van der Waals surface area contributed by atoms with Gasteiger partial charge in [0.15, 0.2) is 0 Å². The van der Waals surface area contributed by atoms with Crippen LogP contribution in [0.5, 0.6) is 5.75 Å². The van der Waals surface area contributed by atoms with Crippen LogP contribution in [0.3, 0.4) is 0 Å². The van der Waals surface area contributed by atoms with Gasteiger partial charge in [-0.05, 0) is 30.5 Å². The average Bonchev–Trinajstić information content (AvgIpc) is 2.53. The van der Waals surface area contributed by atoms with E-state index in [4.69, 9.17) is 4.74 Å². The van der Waals surface area contributed by atoms with E-state index in [1.807, 2.05) is 24.3 Å². The Hall–Kier alpha value is -1.55. The highest BCUT2D eigenvalue weighted by atomic mass is 16.5. The van der Waals surface area contributed by atoms with Crippen molar-refractivity contribution in [3.05, 3.63) is 29.8 Å². The first kappa shape index (κ1) is 12.9. The molecule has 1 aromatic carbocycles. The van der Waals surface area contributed by atoms with Gasteiger partial charge in [-0.2, -0.15) is 0 Å². The fraction of sp³-hybridized carbons (Fsp3) is 0.500. The minimum absolute atomic E-state index is 0.127. The first-order valence-corrected chi connectivity index (χ1v) is 6.28. The Bertz CT molecular complexity index is 402. The van der Waals surface area contributed by atoms with Gasteiger partial charge in [-0.15, -0.1) is 0 Å². The van der Waals surface area contributed by atoms with E-state index in [9.17, 15) is 9.90 Å². The molecule has 1 aromatic rings. The van der Waals surface area contributed by atoms with E-state index in [1.54, 1.807) is 12.0 Å². The number of likely N-dealkylation sites (tertiary alicyclic amines) is 1. The maximum Gasteiger partial charge on any atom is 0.222 e. The van der Waals surface area contributed by atoms with E-state index < -0.39 is 6.10 Å². The Morgan fingerprint density at radius 1 is 1.39 bits per heavy atom. The predicted molar refractivity (Wildman–Crippen MR) is 68.3 cm³/mol. The fourth-order valence-corrected chi connectivity index (χ4v) is 2.20. The SMILES string of the molecule is COc1ccc(CN2CC(O)CCCC2=O)cc1. The topological polar surface area (TPSA) is 49.8 Å². The van der Waals surface area contributed by atoms with Crippen LogP contribution in [0.25, 0.3) is 0 Å². The molecule has 1 aliphatic rings. The third-order valence-electron chi connectivity index (χ3n) is 3.24. The number of nitrogens with zero attached hydrogens (tertiary/aromatic N) is 1. The molecule has 18 heavy (non-hydrogen) atoms. The summed E-state index contributed by atoms with van der Waals surface area (Å²) in [5.74, 6) is 0.934. The van der Waals surface area contributed by atoms with Crippen LogP contribution in [-0.4, -0.2) is 35.7 Å². The van der Waals surface area contributed by atoms with E-state index in [0.717, 1.165) is 17.7 Å². The van der Waals surface area contributed by atoms with Crippen LogP contribution >= 0.6 is 0 Å². The summed E-state index contributed by atoms with van der Waals surface area (Å²) in [6.45, 7) is 0.991. The molecule has 1 atom stereocenters. The van der Waals surface area contributed by atoms with Crippen LogP contribution in [0.2, 0.25) is 0 Å². The molecule has 0 spiro atoms. The number of ether oxygens (including phenoxy) is 1. The quantitative estimate of drug-likeness (QED) is 0.884. The van der Waals surface area contributed by atoms with E-state index in [-0.39, 0.29) is 5.91 Å². The summed E-state index contributed by atoms with van der Waals surface area (Å²) in [5, 5.41) is 9.72. The first-order valence-electron chi connectivity index (χ1n) is 6.28. The molecule has 1 amide bonds. The number of carbonyl (C=O) groups excluding carboxylic acids is 1. The molecule has 1 saturated heterocycles. The number of rotatable bonds is 3. The van der Waals surface area contributed by atoms with Gasteiger partial charge in [0, 0.05) is 19.5 Å². The van der Waals surface area contributed by atoms with Crippen molar-refractivity contribution in [2.45, 2.75) is 31.9 Å². The van der Waals surface area contributed by atoms with Crippen molar-refractivity contribution in [3.63, 3.8) is 0 Å². The van der Waals surface area contributed by atoms with Crippen molar-refractivity contribution < 1.29 is 14.6 Å². The lowest BCUT2D eigenvalue weighted by Gasteiger charge is -2.22. The zero-order chi connectivity index (χ0) is 13.0. The summed E-state index contributed by atoms with van der Waals surface area (Å²) in [4.78, 5) is 13.6. The molecule has 4 heteroatoms. The molecule has 98 valence electrons. The van der Waals surface area contributed by atoms with Crippen molar-refractivity contribution in [1.29, 1.82) is 0 Å². The lowest BCUT2D eigenvalue weighted by atomic mass is 10.2. The Balaban J connectivity index is 2.03. The van der Waals surface area contributed by atoms with Crippen LogP contribution < -0.4 is 4.74 Å². The molecule has 2 rings (SSSR count). The molecule has 1 aliphatic heterocycles. The molecule has 4 nitrogen and oxygen atoms in total. The summed E-state index contributed by atoms with van der Waals surface area (Å²) in [7, 11) is 1.63. The minimum Gasteiger partial charge on any atom is -0.497 e. The third kappa shape index (κ3) is 3.23. The highest BCUT2D eigenvalue weighted by Gasteiger charge is 2.21. The maximum atomic E-state index is 11.9. The maximum absolute atomic E-state index is 11.9. The molecule has 0 saturated carbocycles. The summed E-state index contributed by atoms with van der Waals surface area (Å²) in [6, 6.07) is 7.66. The second-order valence-corrected chi connectivity index (χ2v) is 4.67. The molecule has 1 heterocycles. The fourth-order valence-electron chi connectivity index (χ4n) is 2.20. The van der Waals surface area contributed by atoms with Gasteiger partial charge in [-0.3, -0.25) is 4.79 Å². The smallest absolute Gasteiger partial charge is 0.222 e. The molecular weight excluding hydrogens is 230 g/mol. The van der Waals surface area contributed by atoms with Crippen molar-refractivity contribution in [2.24, 2.45) is 0 Å². The lowest BCUT2D eigenvalue weighted by molar-refractivity contribution is -0.132. The molecule has 1 unspecified atom stereocenters. The monoisotopic (exact) mass is 249 g/mol. The third-order valence-corrected chi connectivity index (χ3v) is 3.24. The van der Waals surface area contributed by atoms with Gasteiger partial charge in [-0.25, -0.2) is 0 Å². The van der Waals surface area contributed by atoms with Gasteiger partial charge in [0.05, 0.1) is 13.2 Å². The lowest BCUT2D eigenvalue weighted by Crippen LogP contribution is -2.34. The zero-order valence-electron chi connectivity index (χ0n) is 10.6. The van der Waals surface area contributed by atoms with Gasteiger partial charge < -0.3 is 14.7 Å². The van der Waals surface area contributed by atoms with Gasteiger partial charge >= 0.3 is 0 Å². The Kier molecular flexibility index (Phi) is 4.20. The van der Waals surface area contributed by atoms with Gasteiger partial charge in [0.25, 0.3) is 0 Å². The minimum atomic E-state index is -0.394. The Morgan fingerprint density at radius 3 is 2.78 bits per heavy atom. The van der Waals surface area contributed by atoms with Crippen LogP contribution in [0, 0.1) is 0 Å². The van der Waals surface area contributed by atoms with E-state index in [2.05, 4.69) is 0 Å². The second-order valence-electron chi connectivity index (χ2n) is 4.67. The van der Waals surface area contributed by atoms with Crippen molar-refractivity contribution in [3.8, 4) is 5.75 Å². The number of methoxy groups -OCH3 is 1. The van der Waals surface area contributed by atoms with E-state index >= 15 is 0 Å². The number of hydrogen-bond acceptors (Lipinski definition) is 3. The highest BCUT2D eigenvalue weighted by molar-refractivity contribution is 5.76. The normalized spacial score (nSPS) is 20.7. The number of aliphatic hydroxyl groups excluding tert-OH is 1. The number of β-amino-alcohol motifs (C(OH)–C–C–N with tert-alkyl or cyclic N) is 1. The number of aliphatic hydroxyl groups is 1. The van der Waals surface area contributed by atoms with Gasteiger partial charge in [0.2, 0.25) is 5.91 Å². The molecule has 1 fully saturated rings. The second kappa shape index (κ2) is 5.87. The number of amides is 1. The number of carbonyl (C=O) groups is 1. The molecule has 0 bridgehead atoms. The van der Waals surface area contributed by atoms with Crippen LogP contribution in [0.4, 0.5) is 0 Å². The van der Waals surface area contributed by atoms with Gasteiger partial charge in [-0.1, -0.05) is 12.1 Å². The number of benzene rings is 1. The summed E-state index contributed by atoms with van der Waals surface area (Å²) >= 11 is 0.